The lowest BCUT2D eigenvalue weighted by atomic mass is 10.2. The summed E-state index contributed by atoms with van der Waals surface area (Å²) < 4.78 is 53.6. The Kier molecular flexibility index (Phi) is 6.25. The fourth-order valence-corrected chi connectivity index (χ4v) is 3.32. The van der Waals surface area contributed by atoms with Crippen LogP contribution in [-0.4, -0.2) is 24.2 Å². The van der Waals surface area contributed by atoms with Gasteiger partial charge in [0.2, 0.25) is 5.95 Å². The summed E-state index contributed by atoms with van der Waals surface area (Å²) in [6, 6.07) is 8.09. The highest BCUT2D eigenvalue weighted by atomic mass is 32.2. The quantitative estimate of drug-likeness (QED) is 0.533. The van der Waals surface area contributed by atoms with Crippen LogP contribution in [0.3, 0.4) is 0 Å². The lowest BCUT2D eigenvalue weighted by molar-refractivity contribution is 0.391. The predicted molar refractivity (Wildman–Crippen MR) is 99.9 cm³/mol. The van der Waals surface area contributed by atoms with Crippen molar-refractivity contribution in [3.05, 3.63) is 71.8 Å². The van der Waals surface area contributed by atoms with Gasteiger partial charge in [-0.2, -0.15) is 0 Å². The maximum absolute atomic E-state index is 14.2. The van der Waals surface area contributed by atoms with Crippen LogP contribution in [0.1, 0.15) is 5.56 Å². The molecule has 0 saturated carbocycles. The van der Waals surface area contributed by atoms with Gasteiger partial charge in [-0.1, -0.05) is 0 Å². The summed E-state index contributed by atoms with van der Waals surface area (Å²) in [6.45, 7) is 0.165. The Morgan fingerprint density at radius 1 is 0.964 bits per heavy atom. The molecule has 0 spiro atoms. The molecule has 0 N–H and O–H groups in total. The molecular weight excluding hydrogens is 391 g/mol. The molecule has 5 nitrogen and oxygen atoms in total. The second-order valence-electron chi connectivity index (χ2n) is 5.55. The van der Waals surface area contributed by atoms with Gasteiger partial charge in [-0.25, -0.2) is 23.1 Å². The molecule has 0 radical (unpaired) electrons. The molecule has 0 atom stereocenters. The van der Waals surface area contributed by atoms with E-state index >= 15 is 0 Å². The Hall–Kier alpha value is -2.94. The first-order valence-corrected chi connectivity index (χ1v) is 8.87. The zero-order valence-electron chi connectivity index (χ0n) is 15.0. The Morgan fingerprint density at radius 3 is 2.25 bits per heavy atom. The molecule has 3 rings (SSSR count). The minimum atomic E-state index is -1.01. The van der Waals surface area contributed by atoms with Crippen molar-refractivity contribution >= 4 is 17.9 Å². The van der Waals surface area contributed by atoms with E-state index in [-0.39, 0.29) is 17.4 Å². The number of aromatic nitrogens is 2. The molecule has 0 amide bonds. The maximum Gasteiger partial charge on any atom is 0.236 e. The van der Waals surface area contributed by atoms with Gasteiger partial charge in [0.25, 0.3) is 0 Å². The Bertz CT molecular complexity index is 937. The second kappa shape index (κ2) is 8.83. The van der Waals surface area contributed by atoms with E-state index in [2.05, 4.69) is 9.97 Å². The monoisotopic (exact) mass is 407 g/mol. The minimum absolute atomic E-state index is 0.165. The van der Waals surface area contributed by atoms with E-state index in [1.165, 1.54) is 30.9 Å². The third-order valence-electron chi connectivity index (χ3n) is 3.75. The second-order valence-corrected chi connectivity index (χ2v) is 6.58. The summed E-state index contributed by atoms with van der Waals surface area (Å²) in [6.07, 6.45) is 3.02. The van der Waals surface area contributed by atoms with Gasteiger partial charge in [-0.3, -0.25) is 4.31 Å². The van der Waals surface area contributed by atoms with Gasteiger partial charge < -0.3 is 9.47 Å². The van der Waals surface area contributed by atoms with Gasteiger partial charge in [0.05, 0.1) is 20.8 Å². The number of halogens is 3. The van der Waals surface area contributed by atoms with Crippen LogP contribution in [0.4, 0.5) is 19.1 Å². The van der Waals surface area contributed by atoms with Crippen LogP contribution in [0.25, 0.3) is 0 Å². The number of methoxy groups -OCH3 is 2. The van der Waals surface area contributed by atoms with Gasteiger partial charge >= 0.3 is 0 Å². The minimum Gasteiger partial charge on any atom is -0.497 e. The number of ether oxygens (including phenoxy) is 2. The molecule has 0 saturated heterocycles. The van der Waals surface area contributed by atoms with Crippen LogP contribution >= 0.6 is 11.9 Å². The van der Waals surface area contributed by atoms with E-state index in [0.29, 0.717) is 29.2 Å². The number of benzene rings is 2. The molecule has 3 aromatic rings. The first-order valence-electron chi connectivity index (χ1n) is 8.09. The van der Waals surface area contributed by atoms with Gasteiger partial charge in [-0.05, 0) is 30.1 Å². The number of nitrogens with zero attached hydrogens (tertiary/aromatic N) is 3. The molecule has 1 aromatic heterocycles. The van der Waals surface area contributed by atoms with Crippen molar-refractivity contribution in [2.75, 3.05) is 18.5 Å². The van der Waals surface area contributed by atoms with Crippen molar-refractivity contribution in [1.29, 1.82) is 0 Å². The van der Waals surface area contributed by atoms with Crippen LogP contribution in [0, 0.1) is 17.5 Å². The molecule has 0 aliphatic rings. The third kappa shape index (κ3) is 4.48. The van der Waals surface area contributed by atoms with E-state index < -0.39 is 17.5 Å². The Labute approximate surface area is 164 Å². The van der Waals surface area contributed by atoms with Crippen molar-refractivity contribution < 1.29 is 22.6 Å². The SMILES string of the molecule is COc1ccc(CN(Sc2c(F)cc(F)cc2F)c2ncccn2)c(OC)c1. The topological polar surface area (TPSA) is 47.5 Å². The molecule has 0 bridgehead atoms. The molecule has 0 aliphatic heterocycles. The smallest absolute Gasteiger partial charge is 0.236 e. The van der Waals surface area contributed by atoms with Crippen LogP contribution in [0.5, 0.6) is 11.5 Å². The standard InChI is InChI=1S/C19H16F3N3O2S/c1-26-14-5-4-12(17(10-14)27-2)11-25(19-23-6-3-7-24-19)28-18-15(21)8-13(20)9-16(18)22/h3-10H,11H2,1-2H3. The number of rotatable bonds is 7. The summed E-state index contributed by atoms with van der Waals surface area (Å²) in [5, 5.41) is 0. The van der Waals surface area contributed by atoms with Crippen molar-refractivity contribution in [3.8, 4) is 11.5 Å². The highest BCUT2D eigenvalue weighted by molar-refractivity contribution is 8.00. The van der Waals surface area contributed by atoms with Crippen LogP contribution in [0.15, 0.2) is 53.7 Å². The van der Waals surface area contributed by atoms with Gasteiger partial charge in [0, 0.05) is 36.2 Å². The first-order chi connectivity index (χ1) is 13.5. The summed E-state index contributed by atoms with van der Waals surface area (Å²) in [7, 11) is 3.04. The van der Waals surface area contributed by atoms with E-state index in [1.54, 1.807) is 24.3 Å². The summed E-state index contributed by atoms with van der Waals surface area (Å²) in [5.74, 6) is -1.64. The van der Waals surface area contributed by atoms with Crippen molar-refractivity contribution in [3.63, 3.8) is 0 Å². The molecule has 0 unspecified atom stereocenters. The summed E-state index contributed by atoms with van der Waals surface area (Å²) in [5.41, 5.74) is 0.714. The fraction of sp³-hybridized carbons (Fsp3) is 0.158. The largest absolute Gasteiger partial charge is 0.497 e. The van der Waals surface area contributed by atoms with Gasteiger partial charge in [-0.15, -0.1) is 0 Å². The highest BCUT2D eigenvalue weighted by Gasteiger charge is 2.20. The molecule has 28 heavy (non-hydrogen) atoms. The predicted octanol–water partition coefficient (Wildman–Crippen LogP) is 4.63. The average molecular weight is 407 g/mol. The Morgan fingerprint density at radius 2 is 1.64 bits per heavy atom. The van der Waals surface area contributed by atoms with Gasteiger partial charge in [0.15, 0.2) is 0 Å². The van der Waals surface area contributed by atoms with E-state index in [0.717, 1.165) is 11.9 Å². The zero-order valence-corrected chi connectivity index (χ0v) is 15.8. The molecule has 9 heteroatoms. The molecule has 1 heterocycles. The fourth-order valence-electron chi connectivity index (χ4n) is 2.43. The third-order valence-corrected chi connectivity index (χ3v) is 4.83. The van der Waals surface area contributed by atoms with Crippen LogP contribution < -0.4 is 13.8 Å². The first kappa shape index (κ1) is 19.8. The van der Waals surface area contributed by atoms with E-state index in [9.17, 15) is 13.2 Å². The van der Waals surface area contributed by atoms with E-state index in [1.807, 2.05) is 0 Å². The number of hydrogen-bond acceptors (Lipinski definition) is 6. The van der Waals surface area contributed by atoms with Crippen molar-refractivity contribution in [2.45, 2.75) is 11.4 Å². The van der Waals surface area contributed by atoms with Crippen molar-refractivity contribution in [2.24, 2.45) is 0 Å². The number of hydrogen-bond donors (Lipinski definition) is 0. The molecular formula is C19H16F3N3O2S. The lowest BCUT2D eigenvalue weighted by Gasteiger charge is -2.22. The van der Waals surface area contributed by atoms with Gasteiger partial charge in [0.1, 0.15) is 33.8 Å². The Balaban J connectivity index is 1.98. The summed E-state index contributed by atoms with van der Waals surface area (Å²) in [4.78, 5) is 7.93. The number of anilines is 1. The average Bonchev–Trinajstić information content (AvgIpc) is 2.70. The van der Waals surface area contributed by atoms with Crippen LogP contribution in [0.2, 0.25) is 0 Å². The van der Waals surface area contributed by atoms with Crippen molar-refractivity contribution in [1.82, 2.24) is 9.97 Å². The summed E-state index contributed by atoms with van der Waals surface area (Å²) >= 11 is 0.733. The lowest BCUT2D eigenvalue weighted by Crippen LogP contribution is -2.18. The zero-order chi connectivity index (χ0) is 20.1. The van der Waals surface area contributed by atoms with Crippen LogP contribution in [-0.2, 0) is 6.54 Å². The normalized spacial score (nSPS) is 10.6. The maximum atomic E-state index is 14.2. The highest BCUT2D eigenvalue weighted by Crippen LogP contribution is 2.34. The van der Waals surface area contributed by atoms with E-state index in [4.69, 9.17) is 9.47 Å². The molecule has 2 aromatic carbocycles. The molecule has 0 fully saturated rings. The molecule has 0 aliphatic carbocycles. The molecule has 146 valence electrons.